The Kier molecular flexibility index (Phi) is 7.90. The molecule has 0 bridgehead atoms. The lowest BCUT2D eigenvalue weighted by molar-refractivity contribution is -0.127. The van der Waals surface area contributed by atoms with Crippen molar-refractivity contribution in [1.82, 2.24) is 9.80 Å². The highest BCUT2D eigenvalue weighted by Gasteiger charge is 2.18. The van der Waals surface area contributed by atoms with Crippen molar-refractivity contribution in [3.05, 3.63) is 58.1 Å². The number of rotatable bonds is 6. The molecular formula is C22H24Cl2N2O2S. The van der Waals surface area contributed by atoms with E-state index in [0.717, 1.165) is 53.8 Å². The Bertz CT molecular complexity index is 896. The smallest absolute Gasteiger partial charge is 0.246 e. The molecule has 0 aromatic heterocycles. The van der Waals surface area contributed by atoms with Crippen LogP contribution >= 0.6 is 35.0 Å². The van der Waals surface area contributed by atoms with Gasteiger partial charge in [-0.25, -0.2) is 0 Å². The third-order valence-electron chi connectivity index (χ3n) is 4.90. The number of likely N-dealkylation sites (N-methyl/N-ethyl adjacent to an activating group) is 1. The highest BCUT2D eigenvalue weighted by Crippen LogP contribution is 2.42. The van der Waals surface area contributed by atoms with Gasteiger partial charge in [-0.2, -0.15) is 0 Å². The Morgan fingerprint density at radius 3 is 2.48 bits per heavy atom. The van der Waals surface area contributed by atoms with Gasteiger partial charge in [0.1, 0.15) is 5.75 Å². The van der Waals surface area contributed by atoms with E-state index >= 15 is 0 Å². The number of para-hydroxylation sites is 1. The number of benzene rings is 2. The first-order valence-corrected chi connectivity index (χ1v) is 11.1. The molecule has 29 heavy (non-hydrogen) atoms. The number of carbonyl (C=O) groups excluding carboxylic acids is 1. The zero-order chi connectivity index (χ0) is 20.8. The molecule has 1 aliphatic heterocycles. The van der Waals surface area contributed by atoms with Crippen molar-refractivity contribution in [2.45, 2.75) is 16.7 Å². The molecule has 2 aromatic rings. The molecule has 0 atom stereocenters. The first-order valence-electron chi connectivity index (χ1n) is 9.51. The fourth-order valence-electron chi connectivity index (χ4n) is 3.13. The lowest BCUT2D eigenvalue weighted by atomic mass is 10.2. The summed E-state index contributed by atoms with van der Waals surface area (Å²) in [7, 11) is 1.64. The summed E-state index contributed by atoms with van der Waals surface area (Å²) in [5.74, 6) is 0.780. The average Bonchev–Trinajstić information content (AvgIpc) is 2.76. The molecule has 3 rings (SSSR count). The van der Waals surface area contributed by atoms with E-state index in [1.54, 1.807) is 19.3 Å². The minimum Gasteiger partial charge on any atom is -0.496 e. The summed E-state index contributed by atoms with van der Waals surface area (Å²) in [5, 5.41) is 0.903. The molecule has 0 radical (unpaired) electrons. The van der Waals surface area contributed by atoms with E-state index < -0.39 is 0 Å². The van der Waals surface area contributed by atoms with Crippen molar-refractivity contribution in [3.8, 4) is 5.75 Å². The molecule has 4 nitrogen and oxygen atoms in total. The van der Waals surface area contributed by atoms with Gasteiger partial charge < -0.3 is 14.5 Å². The van der Waals surface area contributed by atoms with Crippen LogP contribution in [-0.4, -0.2) is 55.5 Å². The number of piperazine rings is 1. The molecule has 1 aliphatic rings. The van der Waals surface area contributed by atoms with Crippen LogP contribution in [-0.2, 0) is 4.79 Å². The number of ether oxygens (including phenoxy) is 1. The minimum absolute atomic E-state index is 0.000385. The Hall–Kier alpha value is -1.66. The summed E-state index contributed by atoms with van der Waals surface area (Å²) >= 11 is 14.5. The van der Waals surface area contributed by atoms with Crippen molar-refractivity contribution < 1.29 is 9.53 Å². The monoisotopic (exact) mass is 450 g/mol. The summed E-state index contributed by atoms with van der Waals surface area (Å²) in [4.78, 5) is 18.5. The van der Waals surface area contributed by atoms with E-state index in [1.165, 1.54) is 11.8 Å². The molecule has 0 aliphatic carbocycles. The van der Waals surface area contributed by atoms with Crippen LogP contribution < -0.4 is 4.74 Å². The van der Waals surface area contributed by atoms with Gasteiger partial charge in [-0.3, -0.25) is 4.79 Å². The van der Waals surface area contributed by atoms with E-state index in [2.05, 4.69) is 11.8 Å². The summed E-state index contributed by atoms with van der Waals surface area (Å²) in [6.45, 7) is 6.49. The first kappa shape index (κ1) is 22.0. The van der Waals surface area contributed by atoms with Gasteiger partial charge >= 0.3 is 0 Å². The van der Waals surface area contributed by atoms with Crippen molar-refractivity contribution in [2.24, 2.45) is 0 Å². The van der Waals surface area contributed by atoms with Crippen LogP contribution in [0.15, 0.2) is 52.3 Å². The molecule has 0 saturated carbocycles. The van der Waals surface area contributed by atoms with E-state index in [1.807, 2.05) is 41.3 Å². The molecule has 2 aromatic carbocycles. The van der Waals surface area contributed by atoms with Gasteiger partial charge in [0, 0.05) is 37.2 Å². The number of amides is 1. The Balaban J connectivity index is 1.71. The minimum atomic E-state index is 0.000385. The van der Waals surface area contributed by atoms with Crippen molar-refractivity contribution in [1.29, 1.82) is 0 Å². The number of hydrogen-bond donors (Lipinski definition) is 0. The van der Waals surface area contributed by atoms with Gasteiger partial charge in [-0.05, 0) is 36.4 Å². The molecule has 0 unspecified atom stereocenters. The van der Waals surface area contributed by atoms with E-state index in [4.69, 9.17) is 27.9 Å². The summed E-state index contributed by atoms with van der Waals surface area (Å²) in [6, 6.07) is 11.5. The molecule has 1 fully saturated rings. The average molecular weight is 451 g/mol. The second kappa shape index (κ2) is 10.4. The lowest BCUT2D eigenvalue weighted by Crippen LogP contribution is -2.48. The molecule has 1 amide bonds. The zero-order valence-corrected chi connectivity index (χ0v) is 18.9. The van der Waals surface area contributed by atoms with Crippen LogP contribution in [0.4, 0.5) is 0 Å². The van der Waals surface area contributed by atoms with Crippen LogP contribution in [0.3, 0.4) is 0 Å². The van der Waals surface area contributed by atoms with Crippen molar-refractivity contribution in [2.75, 3.05) is 39.8 Å². The number of methoxy groups -OCH3 is 1. The van der Waals surface area contributed by atoms with Gasteiger partial charge in [-0.1, -0.05) is 60.1 Å². The summed E-state index contributed by atoms with van der Waals surface area (Å²) in [5.41, 5.74) is 0.724. The second-order valence-corrected chi connectivity index (χ2v) is 8.47. The van der Waals surface area contributed by atoms with Crippen LogP contribution in [0, 0.1) is 0 Å². The van der Waals surface area contributed by atoms with Gasteiger partial charge in [0.2, 0.25) is 5.91 Å². The van der Waals surface area contributed by atoms with Crippen LogP contribution in [0.2, 0.25) is 10.0 Å². The second-order valence-electron chi connectivity index (χ2n) is 6.63. The quantitative estimate of drug-likeness (QED) is 0.556. The molecule has 0 N–H and O–H groups in total. The van der Waals surface area contributed by atoms with Crippen LogP contribution in [0.25, 0.3) is 6.08 Å². The van der Waals surface area contributed by atoms with E-state index in [0.29, 0.717) is 10.0 Å². The highest BCUT2D eigenvalue weighted by atomic mass is 35.5. The maximum Gasteiger partial charge on any atom is 0.246 e. The zero-order valence-electron chi connectivity index (χ0n) is 16.5. The largest absolute Gasteiger partial charge is 0.496 e. The molecule has 1 saturated heterocycles. The Labute approximate surface area is 186 Å². The third-order valence-corrected chi connectivity index (χ3v) is 7.03. The van der Waals surface area contributed by atoms with Gasteiger partial charge in [0.15, 0.2) is 0 Å². The normalized spacial score (nSPS) is 15.1. The number of halogens is 2. The number of carbonyl (C=O) groups is 1. The molecular weight excluding hydrogens is 427 g/mol. The molecule has 154 valence electrons. The topological polar surface area (TPSA) is 32.8 Å². The summed E-state index contributed by atoms with van der Waals surface area (Å²) in [6.07, 6.45) is 3.31. The predicted molar refractivity (Wildman–Crippen MR) is 121 cm³/mol. The maximum atomic E-state index is 12.5. The van der Waals surface area contributed by atoms with E-state index in [-0.39, 0.29) is 5.91 Å². The third kappa shape index (κ3) is 5.48. The fraction of sp³-hybridized carbons (Fsp3) is 0.318. The fourth-order valence-corrected chi connectivity index (χ4v) is 4.66. The standard InChI is InChI=1S/C22H24Cl2N2O2S/c1-3-25-12-14-26(15-13-25)20(27)11-9-16-8-10-19(22(24)21(16)23)29-18-7-5-4-6-17(18)28-2/h4-11H,3,12-15H2,1-2H3/b11-9+. The van der Waals surface area contributed by atoms with Crippen molar-refractivity contribution >= 4 is 46.9 Å². The van der Waals surface area contributed by atoms with Gasteiger partial charge in [0.05, 0.1) is 22.1 Å². The molecule has 1 heterocycles. The van der Waals surface area contributed by atoms with Crippen LogP contribution in [0.1, 0.15) is 12.5 Å². The first-order chi connectivity index (χ1) is 14.0. The van der Waals surface area contributed by atoms with Crippen LogP contribution in [0.5, 0.6) is 5.75 Å². The predicted octanol–water partition coefficient (Wildman–Crippen LogP) is 5.33. The Morgan fingerprint density at radius 1 is 1.07 bits per heavy atom. The van der Waals surface area contributed by atoms with Gasteiger partial charge in [0.25, 0.3) is 0 Å². The SMILES string of the molecule is CCN1CCN(C(=O)/C=C/c2ccc(Sc3ccccc3OC)c(Cl)c2Cl)CC1. The molecule has 0 spiro atoms. The summed E-state index contributed by atoms with van der Waals surface area (Å²) < 4.78 is 5.39. The number of nitrogens with zero attached hydrogens (tertiary/aromatic N) is 2. The number of hydrogen-bond acceptors (Lipinski definition) is 4. The maximum absolute atomic E-state index is 12.5. The lowest BCUT2D eigenvalue weighted by Gasteiger charge is -2.33. The Morgan fingerprint density at radius 2 is 1.79 bits per heavy atom. The highest BCUT2D eigenvalue weighted by molar-refractivity contribution is 7.99. The molecule has 7 heteroatoms. The van der Waals surface area contributed by atoms with Crippen molar-refractivity contribution in [3.63, 3.8) is 0 Å². The van der Waals surface area contributed by atoms with E-state index in [9.17, 15) is 4.79 Å². The van der Waals surface area contributed by atoms with Gasteiger partial charge in [-0.15, -0.1) is 0 Å².